The Labute approximate surface area is 81.6 Å². The number of hydrogen-bond donors (Lipinski definition) is 1. The van der Waals surface area contributed by atoms with Gasteiger partial charge in [-0.2, -0.15) is 13.2 Å². The molecule has 2 atom stereocenters. The van der Waals surface area contributed by atoms with Crippen molar-refractivity contribution in [3.8, 4) is 0 Å². The van der Waals surface area contributed by atoms with E-state index in [1.807, 2.05) is 0 Å². The SMILES string of the molecule is C[C@@H]1C(=O)OC(=O)[C@H]1NC(=O)C(F)(F)F. The van der Waals surface area contributed by atoms with Crippen molar-refractivity contribution in [2.75, 3.05) is 0 Å². The van der Waals surface area contributed by atoms with E-state index in [1.165, 1.54) is 12.2 Å². The Kier molecular flexibility index (Phi) is 2.69. The standard InChI is InChI=1S/C7H6F3NO4/c1-2-3(5(13)15-4(2)12)11-6(14)7(8,9)10/h2-3H,1H3,(H,11,14)/t2-,3-/m0/s1. The molecule has 0 aromatic rings. The van der Waals surface area contributed by atoms with E-state index in [1.54, 1.807) is 0 Å². The highest BCUT2D eigenvalue weighted by atomic mass is 19.4. The zero-order valence-corrected chi connectivity index (χ0v) is 7.42. The van der Waals surface area contributed by atoms with E-state index in [2.05, 4.69) is 4.74 Å². The van der Waals surface area contributed by atoms with Gasteiger partial charge >= 0.3 is 24.0 Å². The number of rotatable bonds is 1. The topological polar surface area (TPSA) is 72.5 Å². The molecule has 1 aliphatic rings. The summed E-state index contributed by atoms with van der Waals surface area (Å²) in [6.45, 7) is 1.19. The number of carbonyl (C=O) groups is 3. The van der Waals surface area contributed by atoms with Crippen molar-refractivity contribution in [3.05, 3.63) is 0 Å². The number of ether oxygens (including phenoxy) is 1. The summed E-state index contributed by atoms with van der Waals surface area (Å²) < 4.78 is 39.5. The number of carbonyl (C=O) groups excluding carboxylic acids is 3. The van der Waals surface area contributed by atoms with E-state index in [9.17, 15) is 27.6 Å². The van der Waals surface area contributed by atoms with Crippen LogP contribution in [0.5, 0.6) is 0 Å². The van der Waals surface area contributed by atoms with E-state index >= 15 is 0 Å². The Morgan fingerprint density at radius 3 is 2.20 bits per heavy atom. The normalized spacial score (nSPS) is 26.4. The Hall–Kier alpha value is -1.60. The quantitative estimate of drug-likeness (QED) is 0.493. The highest BCUT2D eigenvalue weighted by molar-refractivity contribution is 6.00. The fourth-order valence-corrected chi connectivity index (χ4v) is 1.00. The third-order valence-corrected chi connectivity index (χ3v) is 1.87. The Morgan fingerprint density at radius 1 is 1.33 bits per heavy atom. The molecule has 1 saturated heterocycles. The zero-order valence-electron chi connectivity index (χ0n) is 7.42. The van der Waals surface area contributed by atoms with Gasteiger partial charge in [0.25, 0.3) is 0 Å². The summed E-state index contributed by atoms with van der Waals surface area (Å²) in [7, 11) is 0. The highest BCUT2D eigenvalue weighted by Crippen LogP contribution is 2.19. The van der Waals surface area contributed by atoms with Crippen LogP contribution in [0.15, 0.2) is 0 Å². The minimum Gasteiger partial charge on any atom is -0.391 e. The fourth-order valence-electron chi connectivity index (χ4n) is 1.00. The van der Waals surface area contributed by atoms with Crippen molar-refractivity contribution in [2.24, 2.45) is 5.92 Å². The third-order valence-electron chi connectivity index (χ3n) is 1.87. The molecule has 0 aliphatic carbocycles. The van der Waals surface area contributed by atoms with Crippen LogP contribution in [-0.2, 0) is 19.1 Å². The summed E-state index contributed by atoms with van der Waals surface area (Å²) in [6, 6.07) is -1.56. The summed E-state index contributed by atoms with van der Waals surface area (Å²) in [5, 5.41) is 1.39. The molecule has 5 nitrogen and oxygen atoms in total. The lowest BCUT2D eigenvalue weighted by Gasteiger charge is -2.12. The van der Waals surface area contributed by atoms with Gasteiger partial charge in [0.15, 0.2) is 0 Å². The molecular weight excluding hydrogens is 219 g/mol. The van der Waals surface area contributed by atoms with Gasteiger partial charge in [0, 0.05) is 0 Å². The van der Waals surface area contributed by atoms with E-state index in [4.69, 9.17) is 0 Å². The van der Waals surface area contributed by atoms with Crippen LogP contribution in [0.1, 0.15) is 6.92 Å². The maximum atomic E-state index is 11.8. The molecule has 84 valence electrons. The first-order valence-electron chi connectivity index (χ1n) is 3.86. The molecule has 1 N–H and O–H groups in total. The second kappa shape index (κ2) is 3.52. The van der Waals surface area contributed by atoms with E-state index in [-0.39, 0.29) is 0 Å². The van der Waals surface area contributed by atoms with Crippen LogP contribution >= 0.6 is 0 Å². The molecule has 1 aliphatic heterocycles. The minimum absolute atomic E-state index is 0.951. The van der Waals surface area contributed by atoms with Gasteiger partial charge in [-0.1, -0.05) is 0 Å². The number of halogens is 3. The first kappa shape index (κ1) is 11.5. The zero-order chi connectivity index (χ0) is 11.8. The number of nitrogens with one attached hydrogen (secondary N) is 1. The molecule has 8 heteroatoms. The first-order valence-corrected chi connectivity index (χ1v) is 3.86. The fraction of sp³-hybridized carbons (Fsp3) is 0.571. The first-order chi connectivity index (χ1) is 6.73. The van der Waals surface area contributed by atoms with Gasteiger partial charge in [0.05, 0.1) is 5.92 Å². The van der Waals surface area contributed by atoms with E-state index in [0.717, 1.165) is 0 Å². The summed E-state index contributed by atoms with van der Waals surface area (Å²) in [5.74, 6) is -5.51. The van der Waals surface area contributed by atoms with Crippen LogP contribution in [0.4, 0.5) is 13.2 Å². The van der Waals surface area contributed by atoms with Gasteiger partial charge in [-0.05, 0) is 6.92 Å². The average molecular weight is 225 g/mol. The van der Waals surface area contributed by atoms with Crippen LogP contribution in [0.25, 0.3) is 0 Å². The number of alkyl halides is 3. The van der Waals surface area contributed by atoms with Crippen molar-refractivity contribution in [1.29, 1.82) is 0 Å². The van der Waals surface area contributed by atoms with Gasteiger partial charge in [-0.3, -0.25) is 9.59 Å². The maximum Gasteiger partial charge on any atom is 0.471 e. The molecule has 1 heterocycles. The van der Waals surface area contributed by atoms with Crippen molar-refractivity contribution in [2.45, 2.75) is 19.1 Å². The molecule has 0 aromatic carbocycles. The van der Waals surface area contributed by atoms with Gasteiger partial charge in [-0.15, -0.1) is 0 Å². The van der Waals surface area contributed by atoms with Gasteiger partial charge < -0.3 is 10.1 Å². The Morgan fingerprint density at radius 2 is 1.87 bits per heavy atom. The largest absolute Gasteiger partial charge is 0.471 e. The van der Waals surface area contributed by atoms with Crippen molar-refractivity contribution < 1.29 is 32.3 Å². The summed E-state index contributed by atoms with van der Waals surface area (Å²) in [5.41, 5.74) is 0. The van der Waals surface area contributed by atoms with Gasteiger partial charge in [0.1, 0.15) is 6.04 Å². The van der Waals surface area contributed by atoms with Gasteiger partial charge in [-0.25, -0.2) is 4.79 Å². The van der Waals surface area contributed by atoms with Crippen LogP contribution in [0, 0.1) is 5.92 Å². The van der Waals surface area contributed by atoms with E-state index in [0.29, 0.717) is 0 Å². The molecule has 0 aromatic heterocycles. The number of amides is 1. The molecule has 0 saturated carbocycles. The molecule has 0 radical (unpaired) electrons. The smallest absolute Gasteiger partial charge is 0.391 e. The summed E-state index contributed by atoms with van der Waals surface area (Å²) in [4.78, 5) is 32.0. The second-order valence-electron chi connectivity index (χ2n) is 2.98. The Balaban J connectivity index is 2.71. The second-order valence-corrected chi connectivity index (χ2v) is 2.98. The molecule has 1 amide bonds. The summed E-state index contributed by atoms with van der Waals surface area (Å²) >= 11 is 0. The van der Waals surface area contributed by atoms with Crippen molar-refractivity contribution in [3.63, 3.8) is 0 Å². The lowest BCUT2D eigenvalue weighted by atomic mass is 10.1. The molecule has 0 spiro atoms. The predicted octanol–water partition coefficient (Wildman–Crippen LogP) is -0.247. The van der Waals surface area contributed by atoms with Crippen molar-refractivity contribution >= 4 is 17.8 Å². The van der Waals surface area contributed by atoms with Crippen LogP contribution < -0.4 is 5.32 Å². The maximum absolute atomic E-state index is 11.8. The Bertz CT molecular complexity index is 325. The lowest BCUT2D eigenvalue weighted by Crippen LogP contribution is -2.47. The monoisotopic (exact) mass is 225 g/mol. The highest BCUT2D eigenvalue weighted by Gasteiger charge is 2.47. The van der Waals surface area contributed by atoms with E-state index < -0.39 is 36.0 Å². The molecule has 0 bridgehead atoms. The van der Waals surface area contributed by atoms with Crippen LogP contribution in [0.3, 0.4) is 0 Å². The molecule has 0 unspecified atom stereocenters. The van der Waals surface area contributed by atoms with Crippen LogP contribution in [-0.4, -0.2) is 30.1 Å². The van der Waals surface area contributed by atoms with Crippen molar-refractivity contribution in [1.82, 2.24) is 5.32 Å². The lowest BCUT2D eigenvalue weighted by molar-refractivity contribution is -0.175. The third kappa shape index (κ3) is 2.25. The number of hydrogen-bond acceptors (Lipinski definition) is 4. The number of esters is 2. The molecule has 1 fully saturated rings. The van der Waals surface area contributed by atoms with Crippen LogP contribution in [0.2, 0.25) is 0 Å². The molecule has 15 heavy (non-hydrogen) atoms. The number of cyclic esters (lactones) is 2. The van der Waals surface area contributed by atoms with Gasteiger partial charge in [0.2, 0.25) is 0 Å². The molecule has 1 rings (SSSR count). The summed E-state index contributed by atoms with van der Waals surface area (Å²) in [6.07, 6.45) is -5.09. The minimum atomic E-state index is -5.09. The molecular formula is C7H6F3NO4. The average Bonchev–Trinajstić information content (AvgIpc) is 2.30. The predicted molar refractivity (Wildman–Crippen MR) is 38.2 cm³/mol.